The number of carbonyl (C=O) groups excluding carboxylic acids is 4. The molecule has 0 spiro atoms. The first-order valence-electron chi connectivity index (χ1n) is 16.5. The lowest BCUT2D eigenvalue weighted by atomic mass is 9.97. The molecule has 3 heterocycles. The summed E-state index contributed by atoms with van der Waals surface area (Å²) in [6, 6.07) is 21.2. The summed E-state index contributed by atoms with van der Waals surface area (Å²) in [5.74, 6) is -0.642. The molecule has 2 aliphatic rings. The van der Waals surface area contributed by atoms with Crippen molar-refractivity contribution in [3.8, 4) is 5.75 Å². The summed E-state index contributed by atoms with van der Waals surface area (Å²) in [6.07, 6.45) is 3.69. The molecule has 2 saturated heterocycles. The van der Waals surface area contributed by atoms with E-state index in [1.54, 1.807) is 64.3 Å². The molecule has 0 unspecified atom stereocenters. The maximum Gasteiger partial charge on any atom is 0.255 e. The Kier molecular flexibility index (Phi) is 9.55. The van der Waals surface area contributed by atoms with Crippen LogP contribution in [0.5, 0.6) is 5.75 Å². The molecule has 6 rings (SSSR count). The number of aromatic nitrogens is 1. The summed E-state index contributed by atoms with van der Waals surface area (Å²) in [7, 11) is 5.31. The highest BCUT2D eigenvalue weighted by molar-refractivity contribution is 6.07. The normalized spacial score (nSPS) is 18.1. The highest BCUT2D eigenvalue weighted by Crippen LogP contribution is 2.32. The molecule has 1 N–H and O–H groups in total. The molecule has 3 aromatic carbocycles. The Morgan fingerprint density at radius 2 is 1.71 bits per heavy atom. The molecule has 49 heavy (non-hydrogen) atoms. The summed E-state index contributed by atoms with van der Waals surface area (Å²) in [6.45, 7) is 4.41. The van der Waals surface area contributed by atoms with Crippen LogP contribution in [-0.2, 0) is 40.8 Å². The number of fused-ring (bicyclic) bond motifs is 2. The van der Waals surface area contributed by atoms with Gasteiger partial charge in [0.05, 0.1) is 24.2 Å². The van der Waals surface area contributed by atoms with Gasteiger partial charge in [-0.25, -0.2) is 10.0 Å². The number of hydrazine groups is 1. The fourth-order valence-corrected chi connectivity index (χ4v) is 7.07. The summed E-state index contributed by atoms with van der Waals surface area (Å²) >= 11 is 0. The fraction of sp³-hybridized carbons (Fsp3) is 0.316. The van der Waals surface area contributed by atoms with Crippen molar-refractivity contribution in [2.45, 2.75) is 38.0 Å². The third-order valence-corrected chi connectivity index (χ3v) is 9.34. The Hall–Kier alpha value is -5.42. The number of piperazine rings is 1. The average Bonchev–Trinajstić information content (AvgIpc) is 3.43. The molecule has 0 saturated carbocycles. The van der Waals surface area contributed by atoms with Gasteiger partial charge in [0.2, 0.25) is 17.7 Å². The van der Waals surface area contributed by atoms with Crippen LogP contribution in [0.25, 0.3) is 10.9 Å². The van der Waals surface area contributed by atoms with E-state index < -0.39 is 12.2 Å². The molecule has 11 nitrogen and oxygen atoms in total. The van der Waals surface area contributed by atoms with E-state index in [0.29, 0.717) is 12.0 Å². The van der Waals surface area contributed by atoms with Crippen LogP contribution in [0, 0.1) is 0 Å². The van der Waals surface area contributed by atoms with Crippen LogP contribution in [0.15, 0.2) is 91.6 Å². The van der Waals surface area contributed by atoms with Crippen molar-refractivity contribution >= 4 is 34.5 Å². The minimum absolute atomic E-state index is 0.0652. The lowest BCUT2D eigenvalue weighted by Gasteiger charge is -2.55. The SMILES string of the molecule is C=CCN1CC(=O)N2[C@@H](Cc3ccc(O)cc3)C(=O)N(Cc3cccc4c(C(=O)N(C)C)cn(C)c34)C[C@@H]2N1C(=O)CCc1ccccc1. The predicted octanol–water partition coefficient (Wildman–Crippen LogP) is 3.57. The largest absolute Gasteiger partial charge is 0.508 e. The molecule has 11 heteroatoms. The summed E-state index contributed by atoms with van der Waals surface area (Å²) < 4.78 is 1.91. The van der Waals surface area contributed by atoms with Gasteiger partial charge in [0.15, 0.2) is 0 Å². The zero-order chi connectivity index (χ0) is 34.8. The number of hydrogen-bond donors (Lipinski definition) is 1. The fourth-order valence-electron chi connectivity index (χ4n) is 7.07. The van der Waals surface area contributed by atoms with Crippen LogP contribution in [-0.4, -0.2) is 104 Å². The second kappa shape index (κ2) is 14.0. The van der Waals surface area contributed by atoms with Gasteiger partial charge in [0, 0.05) is 58.7 Å². The molecule has 254 valence electrons. The highest BCUT2D eigenvalue weighted by atomic mass is 16.3. The lowest BCUT2D eigenvalue weighted by molar-refractivity contribution is -0.205. The highest BCUT2D eigenvalue weighted by Gasteiger charge is 2.51. The van der Waals surface area contributed by atoms with Crippen LogP contribution in [0.2, 0.25) is 0 Å². The van der Waals surface area contributed by atoms with E-state index in [4.69, 9.17) is 0 Å². The maximum atomic E-state index is 14.5. The van der Waals surface area contributed by atoms with Crippen molar-refractivity contribution in [1.29, 1.82) is 0 Å². The quantitative estimate of drug-likeness (QED) is 0.260. The Bertz CT molecular complexity index is 1890. The van der Waals surface area contributed by atoms with Crippen molar-refractivity contribution in [3.05, 3.63) is 114 Å². The van der Waals surface area contributed by atoms with Gasteiger partial charge in [0.1, 0.15) is 18.0 Å². The van der Waals surface area contributed by atoms with E-state index in [1.807, 2.05) is 66.3 Å². The minimum atomic E-state index is -0.885. The Morgan fingerprint density at radius 3 is 2.41 bits per heavy atom. The number of benzene rings is 3. The number of aromatic hydroxyl groups is 1. The van der Waals surface area contributed by atoms with E-state index >= 15 is 0 Å². The third-order valence-electron chi connectivity index (χ3n) is 9.34. The first-order valence-corrected chi connectivity index (χ1v) is 16.5. The van der Waals surface area contributed by atoms with E-state index in [-0.39, 0.29) is 68.4 Å². The predicted molar refractivity (Wildman–Crippen MR) is 186 cm³/mol. The van der Waals surface area contributed by atoms with Gasteiger partial charge in [0.25, 0.3) is 5.91 Å². The molecule has 1 aromatic heterocycles. The van der Waals surface area contributed by atoms with Crippen LogP contribution < -0.4 is 0 Å². The van der Waals surface area contributed by atoms with Gasteiger partial charge in [-0.15, -0.1) is 6.58 Å². The second-order valence-electron chi connectivity index (χ2n) is 12.9. The second-order valence-corrected chi connectivity index (χ2v) is 12.9. The van der Waals surface area contributed by atoms with Crippen LogP contribution in [0.1, 0.15) is 33.5 Å². The minimum Gasteiger partial charge on any atom is -0.508 e. The topological polar surface area (TPSA) is 110 Å². The standard InChI is InChI=1S/C38H42N6O5/c1-5-20-42-25-35(47)43-32(21-27-14-17-29(45)18-15-27)38(49)41(24-33(43)44(42)34(46)19-16-26-10-7-6-8-11-26)22-28-12-9-13-30-31(37(48)39(2)3)23-40(4)36(28)30/h5-15,17-18,23,32-33,45H,1,16,19-22,24-25H2,2-4H3/t32-,33-/m0/s1. The van der Waals surface area contributed by atoms with E-state index in [0.717, 1.165) is 27.6 Å². The van der Waals surface area contributed by atoms with Gasteiger partial charge in [-0.3, -0.25) is 19.2 Å². The van der Waals surface area contributed by atoms with Crippen LogP contribution in [0.3, 0.4) is 0 Å². The van der Waals surface area contributed by atoms with Crippen molar-refractivity contribution in [3.63, 3.8) is 0 Å². The van der Waals surface area contributed by atoms with Gasteiger partial charge in [-0.05, 0) is 35.2 Å². The first-order chi connectivity index (χ1) is 23.6. The summed E-state index contributed by atoms with van der Waals surface area (Å²) in [5, 5.41) is 14.1. The van der Waals surface area contributed by atoms with Gasteiger partial charge < -0.3 is 24.4 Å². The third kappa shape index (κ3) is 6.66. The maximum absolute atomic E-state index is 14.5. The summed E-state index contributed by atoms with van der Waals surface area (Å²) in [5.41, 5.74) is 4.05. The molecular formula is C38H42N6O5. The van der Waals surface area contributed by atoms with Crippen LogP contribution in [0.4, 0.5) is 0 Å². The molecule has 4 amide bonds. The number of hydrogen-bond acceptors (Lipinski definition) is 6. The number of carbonyl (C=O) groups is 4. The average molecular weight is 663 g/mol. The van der Waals surface area contributed by atoms with Crippen molar-refractivity contribution < 1.29 is 24.3 Å². The number of phenolic OH excluding ortho intramolecular Hbond substituents is 1. The smallest absolute Gasteiger partial charge is 0.255 e. The molecule has 2 fully saturated rings. The van der Waals surface area contributed by atoms with Gasteiger partial charge >= 0.3 is 0 Å². The van der Waals surface area contributed by atoms with Crippen molar-refractivity contribution in [2.75, 3.05) is 33.7 Å². The molecule has 4 aromatic rings. The van der Waals surface area contributed by atoms with Gasteiger partial charge in [-0.2, -0.15) is 0 Å². The van der Waals surface area contributed by atoms with E-state index in [1.165, 1.54) is 4.90 Å². The summed E-state index contributed by atoms with van der Waals surface area (Å²) in [4.78, 5) is 60.5. The Morgan fingerprint density at radius 1 is 0.980 bits per heavy atom. The molecule has 2 atom stereocenters. The monoisotopic (exact) mass is 662 g/mol. The molecule has 0 bridgehead atoms. The van der Waals surface area contributed by atoms with E-state index in [9.17, 15) is 24.3 Å². The molecule has 2 aliphatic heterocycles. The molecular weight excluding hydrogens is 620 g/mol. The zero-order valence-corrected chi connectivity index (χ0v) is 28.2. The number of rotatable bonds is 10. The van der Waals surface area contributed by atoms with Gasteiger partial charge in [-0.1, -0.05) is 66.7 Å². The number of amides is 4. The first kappa shape index (κ1) is 33.5. The van der Waals surface area contributed by atoms with Crippen molar-refractivity contribution in [2.24, 2.45) is 7.05 Å². The van der Waals surface area contributed by atoms with Crippen molar-refractivity contribution in [1.82, 2.24) is 29.3 Å². The number of nitrogens with zero attached hydrogens (tertiary/aromatic N) is 6. The Balaban J connectivity index is 1.39. The molecule has 0 aliphatic carbocycles. The number of aryl methyl sites for hydroxylation is 2. The molecule has 0 radical (unpaired) electrons. The number of phenols is 1. The Labute approximate surface area is 286 Å². The zero-order valence-electron chi connectivity index (χ0n) is 28.2. The van der Waals surface area contributed by atoms with Crippen LogP contribution >= 0.6 is 0 Å². The lowest BCUT2D eigenvalue weighted by Crippen LogP contribution is -2.75. The van der Waals surface area contributed by atoms with E-state index in [2.05, 4.69) is 6.58 Å². The number of para-hydroxylation sites is 1.